The number of hydrogen-bond acceptors (Lipinski definition) is 20. The summed E-state index contributed by atoms with van der Waals surface area (Å²) in [5.74, 6) is -8.26. The van der Waals surface area contributed by atoms with Crippen LogP contribution in [0.5, 0.6) is 11.5 Å². The zero-order valence-corrected chi connectivity index (χ0v) is 68.9. The number of carboxylic acid groups (broad SMARTS) is 4. The van der Waals surface area contributed by atoms with Gasteiger partial charge in [-0.3, -0.25) is 9.97 Å². The Labute approximate surface area is 698 Å². The van der Waals surface area contributed by atoms with Crippen LogP contribution in [-0.2, 0) is 104 Å². The Bertz CT molecular complexity index is 6370. The Morgan fingerprint density at radius 3 is 1.13 bits per heavy atom. The van der Waals surface area contributed by atoms with Gasteiger partial charge in [0.15, 0.2) is 61.3 Å². The minimum Gasteiger partial charge on any atom is -0.495 e. The predicted molar refractivity (Wildman–Crippen MR) is 430 cm³/mol. The van der Waals surface area contributed by atoms with E-state index in [1.165, 1.54) is 112 Å². The molecule has 0 radical (unpaired) electrons. The van der Waals surface area contributed by atoms with Gasteiger partial charge < -0.3 is 34.3 Å². The van der Waals surface area contributed by atoms with E-state index in [4.69, 9.17) is 19.0 Å². The molecule has 644 valence electrons. The molecule has 0 spiro atoms. The molecule has 3 aromatic heterocycles. The molecule has 0 aliphatic rings. The molecule has 0 saturated carbocycles. The smallest absolute Gasteiger partial charge is 0.416 e. The van der Waals surface area contributed by atoms with Crippen LogP contribution in [0.3, 0.4) is 0 Å². The monoisotopic (exact) mass is 1800 g/mol. The van der Waals surface area contributed by atoms with E-state index in [1.54, 1.807) is 50.2 Å². The van der Waals surface area contributed by atoms with Crippen molar-refractivity contribution in [1.29, 1.82) is 0 Å². The van der Waals surface area contributed by atoms with Crippen molar-refractivity contribution >= 4 is 73.1 Å². The number of ether oxygens (including phenoxy) is 2. The lowest BCUT2D eigenvalue weighted by Crippen LogP contribution is -2.12. The summed E-state index contributed by atoms with van der Waals surface area (Å²) in [6, 6.07) is 44.1. The lowest BCUT2D eigenvalue weighted by molar-refractivity contribution is -0.138. The summed E-state index contributed by atoms with van der Waals surface area (Å²) in [4.78, 5) is 55.8. The minimum atomic E-state index is -4.70. The van der Waals surface area contributed by atoms with Crippen LogP contribution in [-0.4, -0.2) is 122 Å². The zero-order chi connectivity index (χ0) is 90.5. The van der Waals surface area contributed by atoms with Gasteiger partial charge in [-0.15, -0.1) is 0 Å². The Kier molecular flexibility index (Phi) is 29.4. The van der Waals surface area contributed by atoms with Gasteiger partial charge in [-0.2, -0.15) is 39.5 Å². The van der Waals surface area contributed by atoms with Crippen molar-refractivity contribution in [2.45, 2.75) is 92.7 Å². The molecule has 12 aromatic rings. The molecule has 38 heteroatoms. The zero-order valence-electron chi connectivity index (χ0n) is 64.8. The summed E-state index contributed by atoms with van der Waals surface area (Å²) in [5, 5.41) is 36.8. The van der Waals surface area contributed by atoms with Crippen molar-refractivity contribution in [1.82, 2.24) is 15.0 Å². The Morgan fingerprint density at radius 1 is 0.374 bits per heavy atom. The maximum atomic E-state index is 13.4. The summed E-state index contributed by atoms with van der Waals surface area (Å²) in [6.45, 7) is 3.49. The third-order valence-corrected chi connectivity index (χ3v) is 26.4. The van der Waals surface area contributed by atoms with E-state index in [1.807, 2.05) is 30.3 Å². The first-order valence-electron chi connectivity index (χ1n) is 35.8. The Morgan fingerprint density at radius 2 is 0.748 bits per heavy atom. The number of hydrogen-bond donors (Lipinski definition) is 4. The highest BCUT2D eigenvalue weighted by Crippen LogP contribution is 2.41. The van der Waals surface area contributed by atoms with Crippen LogP contribution in [0.4, 0.5) is 39.5 Å². The highest BCUT2D eigenvalue weighted by Gasteiger charge is 2.37. The Balaban J connectivity index is 0.000000186. The number of nitrogens with zero attached hydrogens (tertiary/aromatic N) is 3. The maximum Gasteiger partial charge on any atom is 0.416 e. The van der Waals surface area contributed by atoms with E-state index in [2.05, 4.69) is 15.0 Å². The summed E-state index contributed by atoms with van der Waals surface area (Å²) in [6.07, 6.45) is -5.58. The number of methoxy groups -OCH3 is 2. The van der Waals surface area contributed by atoms with E-state index in [0.717, 1.165) is 78.9 Å². The lowest BCUT2D eigenvalue weighted by Gasteiger charge is -2.16. The fourth-order valence-corrected chi connectivity index (χ4v) is 19.7. The average Bonchev–Trinajstić information content (AvgIpc) is 1.23. The van der Waals surface area contributed by atoms with Crippen LogP contribution in [0, 0.1) is 0 Å². The number of carboxylic acids is 4. The molecule has 9 aromatic carbocycles. The minimum absolute atomic E-state index is 0.0207. The SMILES string of the molecule is CCc1ccc(C(=O)O)cc1S(=O)(=O)Cc1cc(C(F)(F)F)ccc1-c1cccnc1.CCc1ccc(C(=O)O)cc1S(=O)(=O)Cc1cc(S(C)(=O)=O)ccc1-c1ccccc1.COc1ccc(C(=O)O)cc1S(=O)(=O)Cc1cc(C(F)(F)F)ccc1-c1ccccn1.COc1ccc(C(=O)O)cc1S(=O)(=O)Cc1cc(C(F)(F)F)ccc1-c1cnco1. The first-order valence-corrected chi connectivity index (χ1v) is 44.3. The van der Waals surface area contributed by atoms with Crippen molar-refractivity contribution in [3.05, 3.63) is 310 Å². The molecule has 0 bridgehead atoms. The largest absolute Gasteiger partial charge is 0.495 e. The van der Waals surface area contributed by atoms with Crippen molar-refractivity contribution in [2.24, 2.45) is 0 Å². The standard InChI is InChI=1S/C23H22O6S2.C22H18F3NO4S.C21H16F3NO5S.C19H14F3NO6S/c1-3-16-9-10-18(23(24)25)14-22(16)31(28,29)15-19-13-20(30(2,26)27)11-12-21(19)17-7-5-4-6-8-17;1-2-14-5-6-15(21(27)28)11-20(14)31(29,30)13-17-10-18(22(23,24)25)7-8-19(17)16-4-3-9-26-12-16;1-30-18-8-5-13(20(26)27)11-19(18)31(28,29)12-14-10-15(21(22,23)24)6-7-16(14)17-4-2-3-9-25-17;1-28-15-5-2-11(18(24)25)7-17(15)30(26,27)9-12-6-13(19(20,21)22)3-4-14(12)16-8-23-10-29-16/h4-14H,3,15H2,1-2H3,(H,24,25);3-12H,2,13H2,1H3,(H,27,28);2-11H,12H2,1H3,(H,26,27);2-8,10H,9H2,1H3,(H,24,25). The molecule has 3 heterocycles. The molecule has 0 fully saturated rings. The number of halogens is 9. The van der Waals surface area contributed by atoms with Gasteiger partial charge >= 0.3 is 42.4 Å². The van der Waals surface area contributed by atoms with Crippen molar-refractivity contribution in [2.75, 3.05) is 20.5 Å². The lowest BCUT2D eigenvalue weighted by atomic mass is 9.99. The highest BCUT2D eigenvalue weighted by atomic mass is 32.2. The van der Waals surface area contributed by atoms with E-state index in [9.17, 15) is 116 Å². The fourth-order valence-electron chi connectivity index (χ4n) is 12.4. The summed E-state index contributed by atoms with van der Waals surface area (Å²) < 4.78 is 264. The molecule has 24 nitrogen and oxygen atoms in total. The first-order chi connectivity index (χ1) is 57.6. The summed E-state index contributed by atoms with van der Waals surface area (Å²) >= 11 is 0. The van der Waals surface area contributed by atoms with Gasteiger partial charge in [0.25, 0.3) is 0 Å². The van der Waals surface area contributed by atoms with Gasteiger partial charge in [-0.1, -0.05) is 92.7 Å². The van der Waals surface area contributed by atoms with Crippen LogP contribution in [0.25, 0.3) is 44.8 Å². The molecule has 0 aliphatic carbocycles. The third-order valence-electron chi connectivity index (χ3n) is 18.4. The number of carbonyl (C=O) groups is 4. The number of aromatic carboxylic acids is 4. The van der Waals surface area contributed by atoms with Gasteiger partial charge in [0.1, 0.15) is 21.3 Å². The molecule has 0 amide bonds. The van der Waals surface area contributed by atoms with E-state index < -0.39 is 141 Å². The number of sulfone groups is 5. The second-order valence-corrected chi connectivity index (χ2v) is 36.6. The number of oxazole rings is 1. The third kappa shape index (κ3) is 23.6. The van der Waals surface area contributed by atoms with Crippen molar-refractivity contribution in [3.63, 3.8) is 0 Å². The molecule has 0 unspecified atom stereocenters. The van der Waals surface area contributed by atoms with Gasteiger partial charge in [0.05, 0.1) is 103 Å². The molecule has 123 heavy (non-hydrogen) atoms. The van der Waals surface area contributed by atoms with Gasteiger partial charge in [0, 0.05) is 41.5 Å². The molecule has 0 aliphatic heterocycles. The van der Waals surface area contributed by atoms with Crippen LogP contribution < -0.4 is 9.47 Å². The van der Waals surface area contributed by atoms with Gasteiger partial charge in [-0.05, 0) is 190 Å². The molecular formula is C85H70F9N3O21S5. The number of rotatable bonds is 25. The quantitative estimate of drug-likeness (QED) is 0.0386. The van der Waals surface area contributed by atoms with E-state index in [-0.39, 0.29) is 82.0 Å². The molecule has 12 rings (SSSR count). The van der Waals surface area contributed by atoms with Crippen LogP contribution >= 0.6 is 0 Å². The molecule has 0 atom stereocenters. The number of aryl methyl sites for hydroxylation is 2. The number of pyridine rings is 2. The van der Waals surface area contributed by atoms with Crippen LogP contribution in [0.2, 0.25) is 0 Å². The number of aromatic nitrogens is 3. The second-order valence-electron chi connectivity index (χ2n) is 26.7. The summed E-state index contributed by atoms with van der Waals surface area (Å²) in [5.41, 5.74) is -0.366. The Hall–Kier alpha value is -12.9. The molecular weight excluding hydrogens is 1730 g/mol. The topological polar surface area (TPSA) is 390 Å². The van der Waals surface area contributed by atoms with Crippen LogP contribution in [0.1, 0.15) is 105 Å². The van der Waals surface area contributed by atoms with E-state index in [0.29, 0.717) is 58.0 Å². The number of benzene rings is 9. The van der Waals surface area contributed by atoms with Crippen molar-refractivity contribution < 1.29 is 135 Å². The predicted octanol–water partition coefficient (Wildman–Crippen LogP) is 17.5. The first kappa shape index (κ1) is 93.9. The van der Waals surface area contributed by atoms with Gasteiger partial charge in [0.2, 0.25) is 0 Å². The van der Waals surface area contributed by atoms with Gasteiger partial charge in [-0.25, -0.2) is 66.3 Å². The normalized spacial score (nSPS) is 12.0. The van der Waals surface area contributed by atoms with Crippen molar-refractivity contribution in [3.8, 4) is 56.3 Å². The number of alkyl halides is 9. The van der Waals surface area contributed by atoms with E-state index >= 15 is 0 Å². The fraction of sp³-hybridized carbons (Fsp3) is 0.165. The highest BCUT2D eigenvalue weighted by molar-refractivity contribution is 7.92. The summed E-state index contributed by atoms with van der Waals surface area (Å²) in [7, 11) is -17.9. The molecule has 4 N–H and O–H groups in total. The molecule has 0 saturated heterocycles. The average molecular weight is 1800 g/mol. The maximum absolute atomic E-state index is 13.4. The second kappa shape index (κ2) is 38.4. The van der Waals surface area contributed by atoms with Crippen LogP contribution in [0.15, 0.2) is 266 Å².